The molecule has 36 heavy (non-hydrogen) atoms. The van der Waals surface area contributed by atoms with Crippen molar-refractivity contribution >= 4 is 36.0 Å². The molecule has 0 unspecified atom stereocenters. The molecule has 0 saturated heterocycles. The van der Waals surface area contributed by atoms with Gasteiger partial charge in [0.15, 0.2) is 13.2 Å². The Balaban J connectivity index is 1.50. The lowest BCUT2D eigenvalue weighted by atomic mass is 10.2. The number of ether oxygens (including phenoxy) is 2. The largest absolute Gasteiger partial charge is 0.482 e. The number of hydrazone groups is 2. The second-order valence-corrected chi connectivity index (χ2v) is 7.15. The number of amides is 1. The quantitative estimate of drug-likeness (QED) is 0.223. The lowest BCUT2D eigenvalue weighted by Crippen LogP contribution is -2.17. The van der Waals surface area contributed by atoms with Crippen LogP contribution in [0.25, 0.3) is 0 Å². The van der Waals surface area contributed by atoms with E-state index in [9.17, 15) is 14.4 Å². The monoisotopic (exact) mass is 490 g/mol. The number of carbonyl (C=O) groups is 3. The fraction of sp³-hybridized carbons (Fsp3) is 0.0800. The smallest absolute Gasteiger partial charge is 0.341 e. The minimum Gasteiger partial charge on any atom is -0.482 e. The number of carboxylic acids is 2. The van der Waals surface area contributed by atoms with Crippen LogP contribution in [-0.4, -0.2) is 53.7 Å². The molecule has 4 N–H and O–H groups in total. The molecule has 0 atom stereocenters. The Hall–Kier alpha value is -5.19. The van der Waals surface area contributed by atoms with E-state index in [1.807, 2.05) is 0 Å². The first-order chi connectivity index (χ1) is 17.4. The van der Waals surface area contributed by atoms with E-state index in [0.717, 1.165) is 5.56 Å². The molecule has 3 rings (SSSR count). The number of carbonyl (C=O) groups excluding carboxylic acids is 1. The van der Waals surface area contributed by atoms with E-state index < -0.39 is 31.1 Å². The van der Waals surface area contributed by atoms with Crippen molar-refractivity contribution in [1.29, 1.82) is 0 Å². The van der Waals surface area contributed by atoms with Gasteiger partial charge in [-0.2, -0.15) is 10.2 Å². The minimum absolute atomic E-state index is 0.365. The van der Waals surface area contributed by atoms with Gasteiger partial charge < -0.3 is 19.7 Å². The van der Waals surface area contributed by atoms with Crippen LogP contribution in [0, 0.1) is 0 Å². The van der Waals surface area contributed by atoms with E-state index in [2.05, 4.69) is 21.1 Å². The average molecular weight is 490 g/mol. The number of carboxylic acid groups (broad SMARTS) is 2. The molecule has 0 fully saturated rings. The highest BCUT2D eigenvalue weighted by Crippen LogP contribution is 2.13. The second-order valence-electron chi connectivity index (χ2n) is 7.15. The molecule has 0 heterocycles. The third-order valence-corrected chi connectivity index (χ3v) is 4.40. The molecule has 1 amide bonds. The maximum Gasteiger partial charge on any atom is 0.341 e. The first-order valence-electron chi connectivity index (χ1n) is 10.5. The molecule has 0 radical (unpaired) electrons. The van der Waals surface area contributed by atoms with Gasteiger partial charge in [-0.05, 0) is 77.9 Å². The number of benzene rings is 3. The Labute approximate surface area is 205 Å². The summed E-state index contributed by atoms with van der Waals surface area (Å²) in [4.78, 5) is 33.5. The van der Waals surface area contributed by atoms with Crippen LogP contribution in [0.5, 0.6) is 11.5 Å². The zero-order chi connectivity index (χ0) is 25.8. The Bertz CT molecular complexity index is 1260. The summed E-state index contributed by atoms with van der Waals surface area (Å²) in [5.74, 6) is -1.69. The zero-order valence-electron chi connectivity index (χ0n) is 18.8. The molecular formula is C25H22N4O7. The number of aliphatic carboxylic acids is 2. The molecule has 3 aromatic rings. The van der Waals surface area contributed by atoms with E-state index in [4.69, 9.17) is 19.7 Å². The van der Waals surface area contributed by atoms with Crippen LogP contribution < -0.4 is 20.3 Å². The van der Waals surface area contributed by atoms with Gasteiger partial charge in [0.2, 0.25) is 0 Å². The first kappa shape index (κ1) is 25.4. The third kappa shape index (κ3) is 8.63. The molecule has 0 bridgehead atoms. The summed E-state index contributed by atoms with van der Waals surface area (Å²) in [6.07, 6.45) is 3.01. The summed E-state index contributed by atoms with van der Waals surface area (Å²) in [6.45, 7) is -0.843. The van der Waals surface area contributed by atoms with Crippen LogP contribution in [0.4, 0.5) is 5.69 Å². The van der Waals surface area contributed by atoms with Crippen LogP contribution >= 0.6 is 0 Å². The van der Waals surface area contributed by atoms with Crippen molar-refractivity contribution in [2.45, 2.75) is 0 Å². The molecule has 0 spiro atoms. The van der Waals surface area contributed by atoms with Gasteiger partial charge >= 0.3 is 11.9 Å². The predicted molar refractivity (Wildman–Crippen MR) is 132 cm³/mol. The fourth-order valence-corrected chi connectivity index (χ4v) is 2.73. The molecule has 11 heteroatoms. The molecule has 0 saturated carbocycles. The predicted octanol–water partition coefficient (Wildman–Crippen LogP) is 2.82. The lowest BCUT2D eigenvalue weighted by molar-refractivity contribution is -0.140. The molecule has 0 aliphatic heterocycles. The van der Waals surface area contributed by atoms with Crippen molar-refractivity contribution in [2.75, 3.05) is 18.6 Å². The maximum absolute atomic E-state index is 12.4. The summed E-state index contributed by atoms with van der Waals surface area (Å²) in [5.41, 5.74) is 7.68. The molecule has 0 aliphatic rings. The molecule has 0 aliphatic carbocycles. The van der Waals surface area contributed by atoms with Crippen molar-refractivity contribution in [1.82, 2.24) is 5.43 Å². The molecule has 11 nitrogen and oxygen atoms in total. The van der Waals surface area contributed by atoms with Gasteiger partial charge in [0, 0.05) is 5.56 Å². The van der Waals surface area contributed by atoms with Crippen molar-refractivity contribution in [3.8, 4) is 11.5 Å². The van der Waals surface area contributed by atoms with Gasteiger partial charge in [-0.1, -0.05) is 6.07 Å². The summed E-state index contributed by atoms with van der Waals surface area (Å²) < 4.78 is 10.1. The van der Waals surface area contributed by atoms with Gasteiger partial charge in [0.1, 0.15) is 11.5 Å². The van der Waals surface area contributed by atoms with Crippen LogP contribution in [0.15, 0.2) is 83.0 Å². The van der Waals surface area contributed by atoms with Gasteiger partial charge in [-0.15, -0.1) is 0 Å². The fourth-order valence-electron chi connectivity index (χ4n) is 2.73. The SMILES string of the molecule is O=C(O)COc1ccc(/C=N/NC(=O)c2cccc(N/N=C/c3ccc(OCC(=O)O)cc3)c2)cc1. The van der Waals surface area contributed by atoms with Crippen molar-refractivity contribution in [3.05, 3.63) is 89.5 Å². The summed E-state index contributed by atoms with van der Waals surface area (Å²) in [7, 11) is 0. The Kier molecular flexibility index (Phi) is 9.11. The third-order valence-electron chi connectivity index (χ3n) is 4.40. The van der Waals surface area contributed by atoms with Crippen molar-refractivity contribution in [2.24, 2.45) is 10.2 Å². The number of hydrogen-bond acceptors (Lipinski definition) is 8. The molecular weight excluding hydrogens is 468 g/mol. The number of anilines is 1. The topological polar surface area (TPSA) is 159 Å². The average Bonchev–Trinajstić information content (AvgIpc) is 2.88. The summed E-state index contributed by atoms with van der Waals surface area (Å²) in [6, 6.07) is 19.9. The molecule has 3 aromatic carbocycles. The number of hydrogen-bond donors (Lipinski definition) is 4. The normalized spacial score (nSPS) is 10.8. The summed E-state index contributed by atoms with van der Waals surface area (Å²) in [5, 5.41) is 25.3. The van der Waals surface area contributed by atoms with Gasteiger partial charge in [0.25, 0.3) is 5.91 Å². The van der Waals surface area contributed by atoms with E-state index >= 15 is 0 Å². The minimum atomic E-state index is -1.06. The highest BCUT2D eigenvalue weighted by molar-refractivity contribution is 5.95. The second kappa shape index (κ2) is 12.9. The van der Waals surface area contributed by atoms with Crippen LogP contribution in [0.3, 0.4) is 0 Å². The highest BCUT2D eigenvalue weighted by Gasteiger charge is 2.05. The number of nitrogens with one attached hydrogen (secondary N) is 2. The van der Waals surface area contributed by atoms with E-state index in [-0.39, 0.29) is 0 Å². The van der Waals surface area contributed by atoms with Crippen LogP contribution in [-0.2, 0) is 9.59 Å². The van der Waals surface area contributed by atoms with Crippen LogP contribution in [0.2, 0.25) is 0 Å². The van der Waals surface area contributed by atoms with Crippen molar-refractivity contribution in [3.63, 3.8) is 0 Å². The zero-order valence-corrected chi connectivity index (χ0v) is 18.8. The van der Waals surface area contributed by atoms with Gasteiger partial charge in [0.05, 0.1) is 18.1 Å². The van der Waals surface area contributed by atoms with Crippen LogP contribution in [0.1, 0.15) is 21.5 Å². The lowest BCUT2D eigenvalue weighted by Gasteiger charge is -2.05. The van der Waals surface area contributed by atoms with E-state index in [0.29, 0.717) is 28.3 Å². The maximum atomic E-state index is 12.4. The van der Waals surface area contributed by atoms with Gasteiger partial charge in [-0.3, -0.25) is 10.2 Å². The number of rotatable bonds is 12. The van der Waals surface area contributed by atoms with Crippen molar-refractivity contribution < 1.29 is 34.1 Å². The standard InChI is InChI=1S/C25H22N4O7/c30-23(31)15-35-21-8-4-17(5-9-21)13-26-28-20-3-1-2-19(12-20)25(34)29-27-14-18-6-10-22(11-7-18)36-16-24(32)33/h1-14,28H,15-16H2,(H,29,34)(H,30,31)(H,32,33)/b26-13+,27-14+. The van der Waals surface area contributed by atoms with Gasteiger partial charge in [-0.25, -0.2) is 15.0 Å². The number of nitrogens with zero attached hydrogens (tertiary/aromatic N) is 2. The Morgan fingerprint density at radius 1 is 0.750 bits per heavy atom. The highest BCUT2D eigenvalue weighted by atomic mass is 16.5. The van der Waals surface area contributed by atoms with E-state index in [1.54, 1.807) is 79.0 Å². The Morgan fingerprint density at radius 2 is 1.28 bits per heavy atom. The molecule has 184 valence electrons. The van der Waals surface area contributed by atoms with E-state index in [1.165, 1.54) is 6.21 Å². The Morgan fingerprint density at radius 3 is 1.81 bits per heavy atom. The first-order valence-corrected chi connectivity index (χ1v) is 10.5. The summed E-state index contributed by atoms with van der Waals surface area (Å²) >= 11 is 0. The molecule has 0 aromatic heterocycles.